The summed E-state index contributed by atoms with van der Waals surface area (Å²) in [7, 11) is 0. The van der Waals surface area contributed by atoms with Gasteiger partial charge in [0.05, 0.1) is 23.7 Å². The molecule has 16 heavy (non-hydrogen) atoms. The van der Waals surface area contributed by atoms with Gasteiger partial charge in [-0.15, -0.1) is 0 Å². The maximum Gasteiger partial charge on any atom is 0.0931 e. The van der Waals surface area contributed by atoms with Gasteiger partial charge in [0.2, 0.25) is 0 Å². The van der Waals surface area contributed by atoms with Gasteiger partial charge in [-0.1, -0.05) is 6.92 Å². The Kier molecular flexibility index (Phi) is 3.71. The molecule has 1 aromatic rings. The molecule has 1 saturated heterocycles. The summed E-state index contributed by atoms with van der Waals surface area (Å²) >= 11 is 2.02. The first-order valence-corrected chi connectivity index (χ1v) is 6.72. The fourth-order valence-electron chi connectivity index (χ4n) is 1.88. The minimum absolute atomic E-state index is 0.482. The molecule has 1 N–H and O–H groups in total. The maximum atomic E-state index is 9.39. The number of aliphatic hydroxyl groups is 1. The highest BCUT2D eigenvalue weighted by atomic mass is 32.2. The Bertz CT molecular complexity index is 339. The van der Waals surface area contributed by atoms with Gasteiger partial charge in [0.15, 0.2) is 0 Å². The summed E-state index contributed by atoms with van der Waals surface area (Å²) in [5.74, 6) is 1.18. The molecular weight excluding hydrogens is 220 g/mol. The van der Waals surface area contributed by atoms with E-state index in [1.165, 1.54) is 5.75 Å². The third kappa shape index (κ3) is 2.68. The smallest absolute Gasteiger partial charge is 0.0931 e. The highest BCUT2D eigenvalue weighted by Gasteiger charge is 2.17. The highest BCUT2D eigenvalue weighted by Crippen LogP contribution is 2.23. The van der Waals surface area contributed by atoms with Crippen molar-refractivity contribution in [2.75, 3.05) is 23.7 Å². The van der Waals surface area contributed by atoms with Gasteiger partial charge in [-0.3, -0.25) is 4.98 Å². The molecule has 0 radical (unpaired) electrons. The zero-order valence-electron chi connectivity index (χ0n) is 9.76. The maximum absolute atomic E-state index is 9.39. The first kappa shape index (κ1) is 11.7. The van der Waals surface area contributed by atoms with Gasteiger partial charge in [-0.2, -0.15) is 11.8 Å². The van der Waals surface area contributed by atoms with Crippen molar-refractivity contribution in [3.63, 3.8) is 0 Å². The number of aromatic nitrogens is 1. The summed E-state index contributed by atoms with van der Waals surface area (Å²) in [5.41, 5.74) is 1.90. The van der Waals surface area contributed by atoms with E-state index in [0.29, 0.717) is 5.25 Å². The normalized spacial score (nSPS) is 23.2. The predicted octanol–water partition coefficient (Wildman–Crippen LogP) is 2.08. The Hall–Kier alpha value is -0.740. The van der Waals surface area contributed by atoms with Crippen molar-refractivity contribution in [2.45, 2.75) is 25.2 Å². The van der Waals surface area contributed by atoms with Crippen LogP contribution >= 0.6 is 11.8 Å². The minimum atomic E-state index is -0.482. The summed E-state index contributed by atoms with van der Waals surface area (Å²) in [5, 5.41) is 10.1. The van der Waals surface area contributed by atoms with Crippen LogP contribution in [0.25, 0.3) is 0 Å². The molecule has 88 valence electrons. The molecule has 1 aromatic heterocycles. The van der Waals surface area contributed by atoms with Crippen LogP contribution < -0.4 is 4.90 Å². The van der Waals surface area contributed by atoms with Crippen LogP contribution in [-0.4, -0.2) is 34.2 Å². The molecule has 0 spiro atoms. The molecule has 0 saturated carbocycles. The molecule has 3 nitrogen and oxygen atoms in total. The lowest BCUT2D eigenvalue weighted by molar-refractivity contribution is 0.194. The molecule has 2 rings (SSSR count). The van der Waals surface area contributed by atoms with E-state index >= 15 is 0 Å². The summed E-state index contributed by atoms with van der Waals surface area (Å²) in [6.07, 6.45) is 1.38. The second kappa shape index (κ2) is 5.06. The van der Waals surface area contributed by atoms with E-state index in [1.807, 2.05) is 24.0 Å². The van der Waals surface area contributed by atoms with Crippen molar-refractivity contribution in [3.05, 3.63) is 24.0 Å². The van der Waals surface area contributed by atoms with Gasteiger partial charge in [0.1, 0.15) is 0 Å². The second-order valence-electron chi connectivity index (χ2n) is 4.24. The molecule has 2 atom stereocenters. The van der Waals surface area contributed by atoms with E-state index in [1.54, 1.807) is 6.92 Å². The molecule has 0 amide bonds. The third-order valence-electron chi connectivity index (χ3n) is 2.81. The molecular formula is C12H18N2OS. The number of nitrogens with zero attached hydrogens (tertiary/aromatic N) is 2. The van der Waals surface area contributed by atoms with Gasteiger partial charge in [0, 0.05) is 24.1 Å². The van der Waals surface area contributed by atoms with Crippen LogP contribution in [-0.2, 0) is 0 Å². The van der Waals surface area contributed by atoms with E-state index in [4.69, 9.17) is 0 Å². The fraction of sp³-hybridized carbons (Fsp3) is 0.583. The van der Waals surface area contributed by atoms with Crippen LogP contribution in [0.1, 0.15) is 25.6 Å². The molecule has 1 aliphatic heterocycles. The molecule has 1 aliphatic rings. The van der Waals surface area contributed by atoms with E-state index in [2.05, 4.69) is 22.9 Å². The van der Waals surface area contributed by atoms with Crippen LogP contribution in [0.3, 0.4) is 0 Å². The quantitative estimate of drug-likeness (QED) is 0.856. The Morgan fingerprint density at radius 3 is 2.94 bits per heavy atom. The Morgan fingerprint density at radius 2 is 2.38 bits per heavy atom. The zero-order valence-corrected chi connectivity index (χ0v) is 10.6. The number of thioether (sulfide) groups is 1. The van der Waals surface area contributed by atoms with Gasteiger partial charge in [-0.25, -0.2) is 0 Å². The van der Waals surface area contributed by atoms with E-state index < -0.39 is 6.10 Å². The van der Waals surface area contributed by atoms with Gasteiger partial charge in [-0.05, 0) is 19.1 Å². The van der Waals surface area contributed by atoms with Crippen molar-refractivity contribution < 1.29 is 5.11 Å². The zero-order chi connectivity index (χ0) is 11.5. The van der Waals surface area contributed by atoms with Crippen molar-refractivity contribution in [1.82, 2.24) is 4.98 Å². The van der Waals surface area contributed by atoms with Crippen molar-refractivity contribution >= 4 is 17.4 Å². The molecule has 2 heterocycles. The van der Waals surface area contributed by atoms with Crippen LogP contribution in [0, 0.1) is 0 Å². The summed E-state index contributed by atoms with van der Waals surface area (Å²) in [4.78, 5) is 6.64. The Morgan fingerprint density at radius 1 is 1.56 bits per heavy atom. The van der Waals surface area contributed by atoms with Gasteiger partial charge >= 0.3 is 0 Å². The molecule has 1 fully saturated rings. The summed E-state index contributed by atoms with van der Waals surface area (Å²) in [6.45, 7) is 6.17. The summed E-state index contributed by atoms with van der Waals surface area (Å²) < 4.78 is 0. The minimum Gasteiger partial charge on any atom is -0.387 e. The topological polar surface area (TPSA) is 36.4 Å². The third-order valence-corrected chi connectivity index (χ3v) is 3.94. The van der Waals surface area contributed by atoms with Crippen molar-refractivity contribution in [3.8, 4) is 0 Å². The highest BCUT2D eigenvalue weighted by molar-refractivity contribution is 8.00. The standard InChI is InChI=1S/C12H18N2OS/c1-9-8-14(5-6-16-9)11-3-4-12(10(2)15)13-7-11/h3-4,7,9-10,15H,5-6,8H2,1-2H3/t9?,10-/m0/s1. The lowest BCUT2D eigenvalue weighted by Gasteiger charge is -2.32. The molecule has 0 aliphatic carbocycles. The first-order chi connectivity index (χ1) is 7.66. The van der Waals surface area contributed by atoms with Gasteiger partial charge in [0.25, 0.3) is 0 Å². The molecule has 4 heteroatoms. The number of hydrogen-bond acceptors (Lipinski definition) is 4. The summed E-state index contributed by atoms with van der Waals surface area (Å²) in [6, 6.07) is 3.96. The first-order valence-electron chi connectivity index (χ1n) is 5.67. The van der Waals surface area contributed by atoms with Crippen LogP contribution in [0.2, 0.25) is 0 Å². The van der Waals surface area contributed by atoms with Crippen LogP contribution in [0.4, 0.5) is 5.69 Å². The molecule has 0 bridgehead atoms. The van der Waals surface area contributed by atoms with E-state index in [-0.39, 0.29) is 0 Å². The van der Waals surface area contributed by atoms with Crippen molar-refractivity contribution in [2.24, 2.45) is 0 Å². The monoisotopic (exact) mass is 238 g/mol. The number of aliphatic hydroxyl groups excluding tert-OH is 1. The average molecular weight is 238 g/mol. The largest absolute Gasteiger partial charge is 0.387 e. The second-order valence-corrected chi connectivity index (χ2v) is 5.79. The Balaban J connectivity index is 2.09. The number of hydrogen-bond donors (Lipinski definition) is 1. The van der Waals surface area contributed by atoms with E-state index in [9.17, 15) is 5.11 Å². The number of rotatable bonds is 2. The number of pyridine rings is 1. The van der Waals surface area contributed by atoms with Crippen LogP contribution in [0.15, 0.2) is 18.3 Å². The lowest BCUT2D eigenvalue weighted by Crippen LogP contribution is -2.36. The van der Waals surface area contributed by atoms with E-state index in [0.717, 1.165) is 24.5 Å². The van der Waals surface area contributed by atoms with Crippen molar-refractivity contribution in [1.29, 1.82) is 0 Å². The molecule has 0 aromatic carbocycles. The van der Waals surface area contributed by atoms with Crippen LogP contribution in [0.5, 0.6) is 0 Å². The fourth-order valence-corrected chi connectivity index (χ4v) is 2.90. The predicted molar refractivity (Wildman–Crippen MR) is 69.0 cm³/mol. The average Bonchev–Trinajstić information content (AvgIpc) is 2.29. The lowest BCUT2D eigenvalue weighted by atomic mass is 10.2. The SMILES string of the molecule is CC1CN(c2ccc([C@H](C)O)nc2)CCS1. The van der Waals surface area contributed by atoms with Gasteiger partial charge < -0.3 is 10.0 Å². The number of anilines is 1. The Labute approximate surface area is 101 Å². The molecule has 1 unspecified atom stereocenters.